The number of carbonyl (C=O) groups excluding carboxylic acids is 1. The van der Waals surface area contributed by atoms with E-state index in [4.69, 9.17) is 4.74 Å². The molecule has 0 fully saturated rings. The molecule has 0 saturated heterocycles. The van der Waals surface area contributed by atoms with Crippen LogP contribution in [0.3, 0.4) is 0 Å². The van der Waals surface area contributed by atoms with Gasteiger partial charge in [0, 0.05) is 6.04 Å². The minimum Gasteiger partial charge on any atom is -0.481 e. The second-order valence-corrected chi connectivity index (χ2v) is 5.96. The molecule has 0 spiro atoms. The molecule has 0 aliphatic heterocycles. The van der Waals surface area contributed by atoms with Crippen molar-refractivity contribution in [3.05, 3.63) is 29.8 Å². The monoisotopic (exact) mass is 277 g/mol. The van der Waals surface area contributed by atoms with Gasteiger partial charge in [-0.15, -0.1) is 0 Å². The molecule has 0 aromatic heterocycles. The molecule has 0 radical (unpaired) electrons. The lowest BCUT2D eigenvalue weighted by atomic mass is 10.0. The third-order valence-corrected chi connectivity index (χ3v) is 3.24. The van der Waals surface area contributed by atoms with Gasteiger partial charge in [0.1, 0.15) is 5.75 Å². The van der Waals surface area contributed by atoms with Gasteiger partial charge in [-0.1, -0.05) is 26.0 Å². The number of amides is 1. The zero-order valence-electron chi connectivity index (χ0n) is 13.3. The van der Waals surface area contributed by atoms with Crippen molar-refractivity contribution >= 4 is 5.91 Å². The van der Waals surface area contributed by atoms with Gasteiger partial charge in [0.05, 0.1) is 0 Å². The van der Waals surface area contributed by atoms with Crippen molar-refractivity contribution in [3.63, 3.8) is 0 Å². The van der Waals surface area contributed by atoms with E-state index in [1.54, 1.807) is 6.92 Å². The highest BCUT2D eigenvalue weighted by Gasteiger charge is 2.17. The molecule has 1 amide bonds. The summed E-state index contributed by atoms with van der Waals surface area (Å²) < 4.78 is 5.67. The van der Waals surface area contributed by atoms with E-state index in [9.17, 15) is 4.79 Å². The summed E-state index contributed by atoms with van der Waals surface area (Å²) in [5.74, 6) is 1.35. The molecule has 112 valence electrons. The molecule has 0 aliphatic rings. The fraction of sp³-hybridized carbons (Fsp3) is 0.588. The van der Waals surface area contributed by atoms with Crippen LogP contribution in [-0.2, 0) is 4.79 Å². The Bertz CT molecular complexity index is 429. The number of nitrogens with one attached hydrogen (secondary N) is 1. The van der Waals surface area contributed by atoms with Crippen molar-refractivity contribution in [2.45, 2.75) is 59.6 Å². The molecule has 2 atom stereocenters. The van der Waals surface area contributed by atoms with E-state index in [0.29, 0.717) is 5.92 Å². The van der Waals surface area contributed by atoms with Crippen LogP contribution in [0.5, 0.6) is 5.75 Å². The van der Waals surface area contributed by atoms with Crippen LogP contribution in [0.25, 0.3) is 0 Å². The molecular formula is C17H27NO2. The predicted octanol–water partition coefficient (Wildman–Crippen LogP) is 3.70. The maximum Gasteiger partial charge on any atom is 0.260 e. The zero-order valence-corrected chi connectivity index (χ0v) is 13.3. The molecule has 3 heteroatoms. The first kappa shape index (κ1) is 16.5. The van der Waals surface area contributed by atoms with E-state index in [1.165, 1.54) is 0 Å². The zero-order chi connectivity index (χ0) is 15.1. The fourth-order valence-corrected chi connectivity index (χ4v) is 1.96. The van der Waals surface area contributed by atoms with Crippen LogP contribution < -0.4 is 10.1 Å². The first-order chi connectivity index (χ1) is 9.38. The lowest BCUT2D eigenvalue weighted by Crippen LogP contribution is -2.41. The van der Waals surface area contributed by atoms with Crippen molar-refractivity contribution in [1.82, 2.24) is 5.32 Å². The van der Waals surface area contributed by atoms with Gasteiger partial charge >= 0.3 is 0 Å². The number of rotatable bonds is 7. The highest BCUT2D eigenvalue weighted by molar-refractivity contribution is 5.80. The number of carbonyl (C=O) groups is 1. The van der Waals surface area contributed by atoms with E-state index in [2.05, 4.69) is 19.2 Å². The summed E-state index contributed by atoms with van der Waals surface area (Å²) >= 11 is 0. The minimum atomic E-state index is -0.474. The van der Waals surface area contributed by atoms with E-state index in [1.807, 2.05) is 38.1 Å². The molecule has 0 aliphatic carbocycles. The Balaban J connectivity index is 2.42. The summed E-state index contributed by atoms with van der Waals surface area (Å²) in [6.07, 6.45) is 1.65. The van der Waals surface area contributed by atoms with Gasteiger partial charge in [0.15, 0.2) is 6.10 Å². The molecule has 3 nitrogen and oxygen atoms in total. The van der Waals surface area contributed by atoms with Crippen LogP contribution >= 0.6 is 0 Å². The van der Waals surface area contributed by atoms with Crippen LogP contribution in [0.15, 0.2) is 24.3 Å². The Morgan fingerprint density at radius 2 is 1.90 bits per heavy atom. The van der Waals surface area contributed by atoms with Gasteiger partial charge in [-0.2, -0.15) is 0 Å². The largest absolute Gasteiger partial charge is 0.481 e. The van der Waals surface area contributed by atoms with Crippen molar-refractivity contribution in [1.29, 1.82) is 0 Å². The van der Waals surface area contributed by atoms with Gasteiger partial charge < -0.3 is 10.1 Å². The lowest BCUT2D eigenvalue weighted by molar-refractivity contribution is -0.127. The Morgan fingerprint density at radius 1 is 1.20 bits per heavy atom. The maximum absolute atomic E-state index is 12.1. The molecule has 2 unspecified atom stereocenters. The van der Waals surface area contributed by atoms with Crippen LogP contribution in [-0.4, -0.2) is 18.1 Å². The number of hydrogen-bond donors (Lipinski definition) is 1. The first-order valence-corrected chi connectivity index (χ1v) is 7.42. The molecule has 1 aromatic carbocycles. The van der Waals surface area contributed by atoms with E-state index < -0.39 is 6.10 Å². The SMILES string of the molecule is Cc1cccc(OC(C)C(=O)NC(C)CCC(C)C)c1. The van der Waals surface area contributed by atoms with Crippen molar-refractivity contribution in [2.75, 3.05) is 0 Å². The van der Waals surface area contributed by atoms with Gasteiger partial charge in [-0.25, -0.2) is 0 Å². The normalized spacial score (nSPS) is 13.9. The molecule has 0 bridgehead atoms. The highest BCUT2D eigenvalue weighted by Crippen LogP contribution is 2.14. The minimum absolute atomic E-state index is 0.0530. The van der Waals surface area contributed by atoms with E-state index >= 15 is 0 Å². The number of aryl methyl sites for hydroxylation is 1. The standard InChI is InChI=1S/C17H27NO2/c1-12(2)9-10-14(4)18-17(19)15(5)20-16-8-6-7-13(3)11-16/h6-8,11-12,14-15H,9-10H2,1-5H3,(H,18,19). The molecule has 1 rings (SSSR count). The molecule has 1 aromatic rings. The highest BCUT2D eigenvalue weighted by atomic mass is 16.5. The maximum atomic E-state index is 12.1. The van der Waals surface area contributed by atoms with E-state index in [0.717, 1.165) is 24.2 Å². The van der Waals surface area contributed by atoms with Gasteiger partial charge in [-0.3, -0.25) is 4.79 Å². The molecule has 20 heavy (non-hydrogen) atoms. The number of benzene rings is 1. The predicted molar refractivity (Wildman–Crippen MR) is 82.9 cm³/mol. The van der Waals surface area contributed by atoms with Gasteiger partial charge in [0.25, 0.3) is 5.91 Å². The molecular weight excluding hydrogens is 250 g/mol. The average molecular weight is 277 g/mol. The topological polar surface area (TPSA) is 38.3 Å². The Morgan fingerprint density at radius 3 is 2.50 bits per heavy atom. The van der Waals surface area contributed by atoms with Crippen LogP contribution in [0.1, 0.15) is 46.1 Å². The number of hydrogen-bond acceptors (Lipinski definition) is 2. The third-order valence-electron chi connectivity index (χ3n) is 3.24. The number of ether oxygens (including phenoxy) is 1. The van der Waals surface area contributed by atoms with E-state index in [-0.39, 0.29) is 11.9 Å². The van der Waals surface area contributed by atoms with Gasteiger partial charge in [-0.05, 0) is 57.2 Å². The summed E-state index contributed by atoms with van der Waals surface area (Å²) in [5, 5.41) is 3.01. The first-order valence-electron chi connectivity index (χ1n) is 7.42. The Hall–Kier alpha value is -1.51. The second kappa shape index (κ2) is 7.93. The molecule has 1 N–H and O–H groups in total. The summed E-state index contributed by atoms with van der Waals surface area (Å²) in [7, 11) is 0. The smallest absolute Gasteiger partial charge is 0.260 e. The average Bonchev–Trinajstić information content (AvgIpc) is 2.36. The van der Waals surface area contributed by atoms with Crippen molar-refractivity contribution in [3.8, 4) is 5.75 Å². The van der Waals surface area contributed by atoms with Crippen molar-refractivity contribution < 1.29 is 9.53 Å². The lowest BCUT2D eigenvalue weighted by Gasteiger charge is -2.19. The molecule has 0 saturated carbocycles. The van der Waals surface area contributed by atoms with Gasteiger partial charge in [0.2, 0.25) is 0 Å². The van der Waals surface area contributed by atoms with Crippen LogP contribution in [0.4, 0.5) is 0 Å². The Labute approximate surface area is 122 Å². The Kier molecular flexibility index (Phi) is 6.56. The van der Waals surface area contributed by atoms with Crippen LogP contribution in [0, 0.1) is 12.8 Å². The van der Waals surface area contributed by atoms with Crippen LogP contribution in [0.2, 0.25) is 0 Å². The molecule has 0 heterocycles. The quantitative estimate of drug-likeness (QED) is 0.825. The summed E-state index contributed by atoms with van der Waals surface area (Å²) in [4.78, 5) is 12.1. The fourth-order valence-electron chi connectivity index (χ4n) is 1.96. The summed E-state index contributed by atoms with van der Waals surface area (Å²) in [6.45, 7) is 10.2. The third kappa shape index (κ3) is 6.09. The summed E-state index contributed by atoms with van der Waals surface area (Å²) in [6, 6.07) is 7.94. The second-order valence-electron chi connectivity index (χ2n) is 5.96. The summed E-state index contributed by atoms with van der Waals surface area (Å²) in [5.41, 5.74) is 1.13. The van der Waals surface area contributed by atoms with Crippen molar-refractivity contribution in [2.24, 2.45) is 5.92 Å².